The predicted octanol–water partition coefficient (Wildman–Crippen LogP) is 3.63. The molecule has 0 aliphatic carbocycles. The molecular formula is C22H21N3O3S2. The Morgan fingerprint density at radius 1 is 1.00 bits per heavy atom. The summed E-state index contributed by atoms with van der Waals surface area (Å²) in [5.74, 6) is -0.0204. The number of nitrogens with one attached hydrogen (secondary N) is 3. The monoisotopic (exact) mass is 439 g/mol. The minimum atomic E-state index is -0.385. The number of carbonyl (C=O) groups is 2. The highest BCUT2D eigenvalue weighted by Gasteiger charge is 2.11. The molecule has 1 aromatic heterocycles. The SMILES string of the molecule is Cc1csc(C(=O)NNC(=S)NC(=O)c2ccc(OCCc3ccccc3)cc2)c1. The molecular weight excluding hydrogens is 418 g/mol. The fourth-order valence-electron chi connectivity index (χ4n) is 2.57. The van der Waals surface area contributed by atoms with E-state index in [9.17, 15) is 9.59 Å². The molecule has 2 amide bonds. The number of rotatable bonds is 6. The van der Waals surface area contributed by atoms with Crippen LogP contribution in [0, 0.1) is 6.92 Å². The highest BCUT2D eigenvalue weighted by Crippen LogP contribution is 2.14. The zero-order chi connectivity index (χ0) is 21.3. The fraction of sp³-hybridized carbons (Fsp3) is 0.136. The maximum Gasteiger partial charge on any atom is 0.279 e. The topological polar surface area (TPSA) is 79.5 Å². The van der Waals surface area contributed by atoms with Crippen LogP contribution in [-0.2, 0) is 6.42 Å². The first-order valence-electron chi connectivity index (χ1n) is 9.25. The Balaban J connectivity index is 1.42. The molecule has 0 aliphatic heterocycles. The first kappa shape index (κ1) is 21.5. The largest absolute Gasteiger partial charge is 0.493 e. The number of ether oxygens (including phenoxy) is 1. The Bertz CT molecular complexity index is 1020. The molecule has 0 saturated carbocycles. The Morgan fingerprint density at radius 3 is 2.40 bits per heavy atom. The molecule has 0 saturated heterocycles. The van der Waals surface area contributed by atoms with Gasteiger partial charge in [0.2, 0.25) is 0 Å². The summed E-state index contributed by atoms with van der Waals surface area (Å²) in [5.41, 5.74) is 7.63. The van der Waals surface area contributed by atoms with Crippen molar-refractivity contribution >= 4 is 40.5 Å². The Labute approximate surface area is 184 Å². The summed E-state index contributed by atoms with van der Waals surface area (Å²) in [4.78, 5) is 24.8. The number of benzene rings is 2. The summed E-state index contributed by atoms with van der Waals surface area (Å²) in [5, 5.41) is 4.41. The minimum absolute atomic E-state index is 0.00446. The van der Waals surface area contributed by atoms with Crippen LogP contribution in [0.5, 0.6) is 5.75 Å². The number of amides is 2. The van der Waals surface area contributed by atoms with Gasteiger partial charge in [-0.2, -0.15) is 0 Å². The molecule has 3 rings (SSSR count). The van der Waals surface area contributed by atoms with Crippen molar-refractivity contribution in [2.24, 2.45) is 0 Å². The molecule has 154 valence electrons. The molecule has 0 atom stereocenters. The van der Waals surface area contributed by atoms with Gasteiger partial charge < -0.3 is 4.74 Å². The lowest BCUT2D eigenvalue weighted by Gasteiger charge is -2.11. The summed E-state index contributed by atoms with van der Waals surface area (Å²) < 4.78 is 5.72. The van der Waals surface area contributed by atoms with Crippen LogP contribution in [0.3, 0.4) is 0 Å². The smallest absolute Gasteiger partial charge is 0.279 e. The van der Waals surface area contributed by atoms with Gasteiger partial charge in [-0.25, -0.2) is 0 Å². The summed E-state index contributed by atoms with van der Waals surface area (Å²) in [7, 11) is 0. The molecule has 0 spiro atoms. The lowest BCUT2D eigenvalue weighted by atomic mass is 10.2. The minimum Gasteiger partial charge on any atom is -0.493 e. The van der Waals surface area contributed by atoms with Gasteiger partial charge in [0.15, 0.2) is 5.11 Å². The standard InChI is InChI=1S/C22H21N3O3S2/c1-15-13-19(30-14-15)21(27)24-25-22(29)23-20(26)17-7-9-18(10-8-17)28-12-11-16-5-3-2-4-6-16/h2-10,13-14H,11-12H2,1H3,(H,24,27)(H2,23,25,26,29). The van der Waals surface area contributed by atoms with E-state index in [2.05, 4.69) is 28.3 Å². The van der Waals surface area contributed by atoms with Gasteiger partial charge in [-0.05, 0) is 66.0 Å². The maximum absolute atomic E-state index is 12.3. The second-order valence-electron chi connectivity index (χ2n) is 6.46. The van der Waals surface area contributed by atoms with Crippen molar-refractivity contribution in [2.75, 3.05) is 6.61 Å². The molecule has 2 aromatic carbocycles. The summed E-state index contributed by atoms with van der Waals surface area (Å²) >= 11 is 6.39. The van der Waals surface area contributed by atoms with Crippen LogP contribution in [0.15, 0.2) is 66.0 Å². The molecule has 0 unspecified atom stereocenters. The van der Waals surface area contributed by atoms with Crippen molar-refractivity contribution in [3.05, 3.63) is 87.6 Å². The van der Waals surface area contributed by atoms with Crippen molar-refractivity contribution in [1.29, 1.82) is 0 Å². The number of carbonyl (C=O) groups excluding carboxylic acids is 2. The zero-order valence-electron chi connectivity index (χ0n) is 16.3. The van der Waals surface area contributed by atoms with Gasteiger partial charge in [-0.15, -0.1) is 11.3 Å². The van der Waals surface area contributed by atoms with Crippen molar-refractivity contribution in [3.63, 3.8) is 0 Å². The Morgan fingerprint density at radius 2 is 1.73 bits per heavy atom. The van der Waals surface area contributed by atoms with Gasteiger partial charge in [-0.3, -0.25) is 25.8 Å². The quantitative estimate of drug-likeness (QED) is 0.404. The molecule has 3 N–H and O–H groups in total. The van der Waals surface area contributed by atoms with E-state index in [0.29, 0.717) is 22.8 Å². The van der Waals surface area contributed by atoms with E-state index in [4.69, 9.17) is 17.0 Å². The molecule has 1 heterocycles. The van der Waals surface area contributed by atoms with E-state index < -0.39 is 0 Å². The van der Waals surface area contributed by atoms with Crippen molar-refractivity contribution in [1.82, 2.24) is 16.2 Å². The van der Waals surface area contributed by atoms with E-state index in [-0.39, 0.29) is 16.9 Å². The van der Waals surface area contributed by atoms with Crippen molar-refractivity contribution in [2.45, 2.75) is 13.3 Å². The van der Waals surface area contributed by atoms with Crippen molar-refractivity contribution < 1.29 is 14.3 Å². The van der Waals surface area contributed by atoms with Gasteiger partial charge in [0.1, 0.15) is 5.75 Å². The number of aryl methyl sites for hydroxylation is 1. The van der Waals surface area contributed by atoms with E-state index in [1.165, 1.54) is 16.9 Å². The number of thiocarbonyl (C=S) groups is 1. The summed E-state index contributed by atoms with van der Waals surface area (Å²) in [6, 6.07) is 18.6. The van der Waals surface area contributed by atoms with Crippen molar-refractivity contribution in [3.8, 4) is 5.75 Å². The third kappa shape index (κ3) is 6.40. The highest BCUT2D eigenvalue weighted by molar-refractivity contribution is 7.80. The van der Waals surface area contributed by atoms with E-state index in [1.807, 2.05) is 30.5 Å². The van der Waals surface area contributed by atoms with Crippen LogP contribution >= 0.6 is 23.6 Å². The van der Waals surface area contributed by atoms with Crippen LogP contribution in [-0.4, -0.2) is 23.5 Å². The zero-order valence-corrected chi connectivity index (χ0v) is 17.9. The number of thiophene rings is 1. The van der Waals surface area contributed by atoms with Gasteiger partial charge in [0.25, 0.3) is 11.8 Å². The van der Waals surface area contributed by atoms with E-state index in [0.717, 1.165) is 12.0 Å². The third-order valence-corrected chi connectivity index (χ3v) is 5.34. The Kier molecular flexibility index (Phi) is 7.53. The van der Waals surface area contributed by atoms with Crippen LogP contribution in [0.2, 0.25) is 0 Å². The molecule has 8 heteroatoms. The van der Waals surface area contributed by atoms with Crippen LogP contribution < -0.4 is 20.9 Å². The van der Waals surface area contributed by atoms with E-state index >= 15 is 0 Å². The lowest BCUT2D eigenvalue weighted by Crippen LogP contribution is -2.48. The average Bonchev–Trinajstić information content (AvgIpc) is 3.19. The molecule has 30 heavy (non-hydrogen) atoms. The highest BCUT2D eigenvalue weighted by atomic mass is 32.1. The van der Waals surface area contributed by atoms with Gasteiger partial charge >= 0.3 is 0 Å². The second kappa shape index (κ2) is 10.5. The van der Waals surface area contributed by atoms with Crippen LogP contribution in [0.25, 0.3) is 0 Å². The molecule has 0 fully saturated rings. The average molecular weight is 440 g/mol. The second-order valence-corrected chi connectivity index (χ2v) is 7.78. The Hall–Kier alpha value is -3.23. The lowest BCUT2D eigenvalue weighted by molar-refractivity contribution is 0.0938. The predicted molar refractivity (Wildman–Crippen MR) is 122 cm³/mol. The molecule has 3 aromatic rings. The number of hydrogen-bond donors (Lipinski definition) is 3. The molecule has 6 nitrogen and oxygen atoms in total. The summed E-state index contributed by atoms with van der Waals surface area (Å²) in [6.07, 6.45) is 0.805. The molecule has 0 aliphatic rings. The fourth-order valence-corrected chi connectivity index (χ4v) is 3.50. The van der Waals surface area contributed by atoms with Gasteiger partial charge in [-0.1, -0.05) is 30.3 Å². The first-order valence-corrected chi connectivity index (χ1v) is 10.5. The first-order chi connectivity index (χ1) is 14.5. The van der Waals surface area contributed by atoms with Crippen LogP contribution in [0.1, 0.15) is 31.2 Å². The number of hydrogen-bond acceptors (Lipinski definition) is 5. The van der Waals surface area contributed by atoms with E-state index in [1.54, 1.807) is 30.3 Å². The molecule has 0 radical (unpaired) electrons. The molecule has 0 bridgehead atoms. The normalized spacial score (nSPS) is 10.2. The number of hydrazine groups is 1. The van der Waals surface area contributed by atoms with Crippen LogP contribution in [0.4, 0.5) is 0 Å². The maximum atomic E-state index is 12.3. The summed E-state index contributed by atoms with van der Waals surface area (Å²) in [6.45, 7) is 2.46. The van der Waals surface area contributed by atoms with Gasteiger partial charge in [0, 0.05) is 12.0 Å². The third-order valence-electron chi connectivity index (χ3n) is 4.09. The van der Waals surface area contributed by atoms with Gasteiger partial charge in [0.05, 0.1) is 11.5 Å².